The molecule has 0 spiro atoms. The second kappa shape index (κ2) is 15.2. The Bertz CT molecular complexity index is 1940. The zero-order chi connectivity index (χ0) is 40.7. The minimum absolute atomic E-state index is 0.0710. The third kappa shape index (κ3) is 9.39. The predicted octanol–water partition coefficient (Wildman–Crippen LogP) is 13.7. The van der Waals surface area contributed by atoms with Crippen LogP contribution in [0.25, 0.3) is 0 Å². The minimum Gasteiger partial charge on any atom is -0.507 e. The van der Waals surface area contributed by atoms with Crippen LogP contribution >= 0.6 is 0 Å². The number of carbonyl (C=O) groups is 1. The van der Waals surface area contributed by atoms with Crippen LogP contribution < -0.4 is 4.74 Å². The molecule has 1 N–H and O–H groups in total. The number of ether oxygens (including phenoxy) is 1. The van der Waals surface area contributed by atoms with Gasteiger partial charge in [0.25, 0.3) is 0 Å². The van der Waals surface area contributed by atoms with Crippen molar-refractivity contribution in [1.29, 1.82) is 0 Å². The predicted molar refractivity (Wildman–Crippen MR) is 229 cm³/mol. The largest absolute Gasteiger partial charge is 0.507 e. The molecule has 1 atom stereocenters. The first kappa shape index (κ1) is 42.6. The molecule has 4 rings (SSSR count). The van der Waals surface area contributed by atoms with E-state index in [4.69, 9.17) is 4.74 Å². The van der Waals surface area contributed by atoms with Crippen molar-refractivity contribution in [1.82, 2.24) is 0 Å². The number of phenols is 1. The molecule has 0 bridgehead atoms. The van der Waals surface area contributed by atoms with Crippen molar-refractivity contribution < 1.29 is 14.6 Å². The lowest BCUT2D eigenvalue weighted by atomic mass is 9.67. The maximum Gasteiger partial charge on any atom is 0.335 e. The van der Waals surface area contributed by atoms with E-state index >= 15 is 0 Å². The number of esters is 1. The zero-order valence-corrected chi connectivity index (χ0v) is 36.1. The van der Waals surface area contributed by atoms with E-state index in [0.717, 1.165) is 46.2 Å². The van der Waals surface area contributed by atoms with Crippen molar-refractivity contribution in [2.24, 2.45) is 10.8 Å². The van der Waals surface area contributed by atoms with E-state index in [1.165, 1.54) is 17.2 Å². The van der Waals surface area contributed by atoms with Gasteiger partial charge in [0.15, 0.2) is 0 Å². The summed E-state index contributed by atoms with van der Waals surface area (Å²) in [5.74, 6) is -0.0513. The van der Waals surface area contributed by atoms with Crippen molar-refractivity contribution in [2.75, 3.05) is 0 Å². The van der Waals surface area contributed by atoms with E-state index in [0.29, 0.717) is 5.75 Å². The number of benzene rings is 4. The Morgan fingerprint density at radius 2 is 1.00 bits per heavy atom. The summed E-state index contributed by atoms with van der Waals surface area (Å²) in [6.07, 6.45) is 3.14. The number of hydrogen-bond donors (Lipinski definition) is 1. The molecular weight excluding hydrogens is 661 g/mol. The summed E-state index contributed by atoms with van der Waals surface area (Å²) in [7, 11) is 0. The van der Waals surface area contributed by atoms with Crippen LogP contribution in [0, 0.1) is 10.8 Å². The molecule has 3 nitrogen and oxygen atoms in total. The van der Waals surface area contributed by atoms with Crippen molar-refractivity contribution >= 4 is 5.97 Å². The smallest absolute Gasteiger partial charge is 0.335 e. The van der Waals surface area contributed by atoms with Crippen molar-refractivity contribution in [3.63, 3.8) is 0 Å². The monoisotopic (exact) mass is 729 g/mol. The molecule has 0 saturated heterocycles. The Balaban J connectivity index is 2.16. The molecule has 0 radical (unpaired) electrons. The second-order valence-corrected chi connectivity index (χ2v) is 20.5. The molecule has 0 aliphatic rings. The van der Waals surface area contributed by atoms with Gasteiger partial charge in [-0.25, -0.2) is 4.79 Å². The number of aromatic hydroxyl groups is 1. The molecular formula is C51H68O3. The fourth-order valence-corrected chi connectivity index (χ4v) is 8.98. The van der Waals surface area contributed by atoms with Gasteiger partial charge in [0.05, 0.1) is 0 Å². The summed E-state index contributed by atoms with van der Waals surface area (Å²) >= 11 is 0. The SMILES string of the molecule is C=CC(=O)Oc1c(C(C)c2cc(C(C)(C)CC(C)(C)C)cc(C(C)(C)c3ccccc3)c2O)cc(C(C)(C)CC(C)(C)C)cc1C(C)(C)c1ccccc1. The van der Waals surface area contributed by atoms with Gasteiger partial charge in [-0.2, -0.15) is 0 Å². The fourth-order valence-electron chi connectivity index (χ4n) is 8.98. The van der Waals surface area contributed by atoms with Gasteiger partial charge in [-0.05, 0) is 56.8 Å². The number of rotatable bonds is 12. The quantitative estimate of drug-likeness (QED) is 0.0897. The van der Waals surface area contributed by atoms with E-state index in [-0.39, 0.29) is 33.3 Å². The molecule has 0 fully saturated rings. The Kier molecular flexibility index (Phi) is 12.0. The van der Waals surface area contributed by atoms with Gasteiger partial charge in [0.1, 0.15) is 11.5 Å². The first-order valence-corrected chi connectivity index (χ1v) is 19.7. The van der Waals surface area contributed by atoms with E-state index in [1.54, 1.807) is 0 Å². The highest BCUT2D eigenvalue weighted by atomic mass is 16.5. The molecule has 0 heterocycles. The molecule has 0 aliphatic heterocycles. The molecule has 4 aromatic rings. The average molecular weight is 729 g/mol. The molecule has 0 amide bonds. The Morgan fingerprint density at radius 1 is 0.611 bits per heavy atom. The topological polar surface area (TPSA) is 46.5 Å². The van der Waals surface area contributed by atoms with Crippen LogP contribution in [-0.4, -0.2) is 11.1 Å². The number of carbonyl (C=O) groups excluding carboxylic acids is 1. The average Bonchev–Trinajstić information content (AvgIpc) is 3.06. The third-order valence-electron chi connectivity index (χ3n) is 11.4. The summed E-state index contributed by atoms with van der Waals surface area (Å²) in [6.45, 7) is 37.7. The van der Waals surface area contributed by atoms with Gasteiger partial charge in [-0.15, -0.1) is 0 Å². The summed E-state index contributed by atoms with van der Waals surface area (Å²) in [4.78, 5) is 13.3. The lowest BCUT2D eigenvalue weighted by Gasteiger charge is -2.37. The first-order valence-electron chi connectivity index (χ1n) is 19.7. The summed E-state index contributed by atoms with van der Waals surface area (Å²) in [5.41, 5.74) is 6.81. The van der Waals surface area contributed by atoms with Crippen molar-refractivity contribution in [2.45, 2.75) is 144 Å². The van der Waals surface area contributed by atoms with Crippen LogP contribution in [0.3, 0.4) is 0 Å². The van der Waals surface area contributed by atoms with Crippen molar-refractivity contribution in [3.05, 3.63) is 142 Å². The maximum atomic E-state index is 13.3. The highest BCUT2D eigenvalue weighted by Crippen LogP contribution is 2.51. The highest BCUT2D eigenvalue weighted by Gasteiger charge is 2.38. The Hall–Kier alpha value is -4.11. The summed E-state index contributed by atoms with van der Waals surface area (Å²) in [5, 5.41) is 12.6. The Labute approximate surface area is 328 Å². The van der Waals surface area contributed by atoms with Crippen LogP contribution in [0.4, 0.5) is 0 Å². The second-order valence-electron chi connectivity index (χ2n) is 20.5. The van der Waals surface area contributed by atoms with Gasteiger partial charge < -0.3 is 9.84 Å². The normalized spacial score (nSPS) is 13.8. The molecule has 0 aliphatic carbocycles. The van der Waals surface area contributed by atoms with E-state index in [9.17, 15) is 9.90 Å². The van der Waals surface area contributed by atoms with Crippen LogP contribution in [0.5, 0.6) is 11.5 Å². The molecule has 4 aromatic carbocycles. The van der Waals surface area contributed by atoms with Crippen LogP contribution in [-0.2, 0) is 26.5 Å². The Morgan fingerprint density at radius 3 is 1.41 bits per heavy atom. The molecule has 0 aromatic heterocycles. The van der Waals surface area contributed by atoms with Gasteiger partial charge in [0.2, 0.25) is 0 Å². The third-order valence-corrected chi connectivity index (χ3v) is 11.4. The maximum absolute atomic E-state index is 13.3. The molecule has 290 valence electrons. The first-order chi connectivity index (χ1) is 24.7. The van der Waals surface area contributed by atoms with E-state index in [1.807, 2.05) is 12.1 Å². The van der Waals surface area contributed by atoms with Gasteiger partial charge in [-0.3, -0.25) is 0 Å². The van der Waals surface area contributed by atoms with Crippen LogP contribution in [0.2, 0.25) is 0 Å². The van der Waals surface area contributed by atoms with Gasteiger partial charge >= 0.3 is 5.97 Å². The van der Waals surface area contributed by atoms with E-state index in [2.05, 4.69) is 183 Å². The van der Waals surface area contributed by atoms with Gasteiger partial charge in [0, 0.05) is 45.1 Å². The lowest BCUT2D eigenvalue weighted by molar-refractivity contribution is -0.129. The lowest BCUT2D eigenvalue weighted by Crippen LogP contribution is -2.28. The molecule has 0 saturated carbocycles. The van der Waals surface area contributed by atoms with Gasteiger partial charge in [-0.1, -0.05) is 195 Å². The standard InChI is InChI=1S/C51H68O3/c1-17-43(52)54-45-40(29-38(49(11,12)33-47(6,7)8)31-42(45)51(15,16)36-26-22-19-23-27-36)34(2)39-28-37(48(9,10)32-46(3,4)5)30-41(44(39)53)50(13,14)35-24-20-18-21-25-35/h17-31,34,53H,1,32-33H2,2-16H3. The molecule has 1 unspecified atom stereocenters. The molecule has 54 heavy (non-hydrogen) atoms. The van der Waals surface area contributed by atoms with E-state index < -0.39 is 16.8 Å². The molecule has 3 heteroatoms. The number of phenolic OH excluding ortho intramolecular Hbond substituents is 1. The summed E-state index contributed by atoms with van der Waals surface area (Å²) in [6, 6.07) is 29.8. The fraction of sp³-hybridized carbons (Fsp3) is 0.471. The van der Waals surface area contributed by atoms with Crippen molar-refractivity contribution in [3.8, 4) is 11.5 Å². The van der Waals surface area contributed by atoms with Crippen LogP contribution in [0.1, 0.15) is 167 Å². The minimum atomic E-state index is -0.528. The summed E-state index contributed by atoms with van der Waals surface area (Å²) < 4.78 is 6.38. The number of hydrogen-bond acceptors (Lipinski definition) is 3. The zero-order valence-electron chi connectivity index (χ0n) is 36.1. The van der Waals surface area contributed by atoms with Crippen LogP contribution in [0.15, 0.2) is 97.6 Å². The highest BCUT2D eigenvalue weighted by molar-refractivity contribution is 5.84.